The fraction of sp³-hybridized carbons (Fsp3) is 0.353. The van der Waals surface area contributed by atoms with Gasteiger partial charge < -0.3 is 11.1 Å². The number of nitrogen functional groups attached to an aromatic ring is 1. The lowest BCUT2D eigenvalue weighted by Crippen LogP contribution is -2.32. The molecular formula is C17H20N6O2S. The number of nitrogens with two attached hydrogens (primary N) is 1. The summed E-state index contributed by atoms with van der Waals surface area (Å²) in [6.45, 7) is 1.83. The summed E-state index contributed by atoms with van der Waals surface area (Å²) in [7, 11) is -3.25. The van der Waals surface area contributed by atoms with Crippen LogP contribution in [0.4, 0.5) is 5.82 Å². The van der Waals surface area contributed by atoms with Gasteiger partial charge in [0.25, 0.3) is 0 Å². The molecule has 2 aromatic heterocycles. The number of nitrogens with one attached hydrogen (secondary N) is 1. The highest BCUT2D eigenvalue weighted by Crippen LogP contribution is 2.33. The first-order valence-corrected chi connectivity index (χ1v) is 10.3. The van der Waals surface area contributed by atoms with Crippen molar-refractivity contribution in [3.8, 4) is 11.3 Å². The molecule has 1 aliphatic heterocycles. The molecule has 0 bridgehead atoms. The zero-order valence-corrected chi connectivity index (χ0v) is 15.2. The Morgan fingerprint density at radius 3 is 2.65 bits per heavy atom. The molecule has 1 fully saturated rings. The van der Waals surface area contributed by atoms with E-state index in [1.807, 2.05) is 4.68 Å². The molecule has 3 aromatic rings. The molecule has 9 heteroatoms. The van der Waals surface area contributed by atoms with Crippen LogP contribution in [0.5, 0.6) is 0 Å². The van der Waals surface area contributed by atoms with Crippen LogP contribution in [0.1, 0.15) is 18.9 Å². The van der Waals surface area contributed by atoms with E-state index in [-0.39, 0.29) is 10.9 Å². The van der Waals surface area contributed by atoms with Crippen LogP contribution in [0.25, 0.3) is 22.3 Å². The van der Waals surface area contributed by atoms with Gasteiger partial charge in [-0.25, -0.2) is 23.1 Å². The van der Waals surface area contributed by atoms with Crippen molar-refractivity contribution in [2.75, 3.05) is 25.1 Å². The number of hydrogen-bond donors (Lipinski definition) is 2. The van der Waals surface area contributed by atoms with Crippen molar-refractivity contribution in [3.63, 3.8) is 0 Å². The number of anilines is 1. The van der Waals surface area contributed by atoms with Gasteiger partial charge in [0, 0.05) is 18.4 Å². The van der Waals surface area contributed by atoms with Crippen molar-refractivity contribution in [2.45, 2.75) is 23.8 Å². The molecule has 8 nitrogen and oxygen atoms in total. The molecule has 0 aliphatic carbocycles. The molecule has 26 heavy (non-hydrogen) atoms. The van der Waals surface area contributed by atoms with E-state index in [0.29, 0.717) is 22.5 Å². The molecule has 1 aliphatic rings. The number of fused-ring (bicyclic) bond motifs is 1. The first-order chi connectivity index (χ1) is 12.4. The number of nitrogens with zero attached hydrogens (tertiary/aromatic N) is 4. The van der Waals surface area contributed by atoms with Crippen LogP contribution in [0.3, 0.4) is 0 Å². The molecule has 0 amide bonds. The van der Waals surface area contributed by atoms with Gasteiger partial charge in [0.1, 0.15) is 17.8 Å². The van der Waals surface area contributed by atoms with E-state index in [2.05, 4.69) is 15.3 Å². The van der Waals surface area contributed by atoms with Crippen LogP contribution in [-0.2, 0) is 9.84 Å². The van der Waals surface area contributed by atoms with E-state index in [4.69, 9.17) is 10.8 Å². The number of hydrogen-bond acceptors (Lipinski definition) is 7. The van der Waals surface area contributed by atoms with E-state index >= 15 is 0 Å². The van der Waals surface area contributed by atoms with Gasteiger partial charge in [-0.15, -0.1) is 0 Å². The van der Waals surface area contributed by atoms with Crippen LogP contribution in [0.2, 0.25) is 0 Å². The fourth-order valence-electron chi connectivity index (χ4n) is 3.35. The molecule has 0 radical (unpaired) electrons. The van der Waals surface area contributed by atoms with Crippen molar-refractivity contribution in [2.24, 2.45) is 0 Å². The van der Waals surface area contributed by atoms with Gasteiger partial charge in [-0.1, -0.05) is 12.1 Å². The number of sulfone groups is 1. The van der Waals surface area contributed by atoms with Crippen LogP contribution in [0.15, 0.2) is 35.5 Å². The maximum atomic E-state index is 11.7. The maximum absolute atomic E-state index is 11.7. The molecule has 1 saturated heterocycles. The summed E-state index contributed by atoms with van der Waals surface area (Å²) in [5, 5.41) is 8.86. The Kier molecular flexibility index (Phi) is 4.12. The van der Waals surface area contributed by atoms with Gasteiger partial charge >= 0.3 is 0 Å². The minimum absolute atomic E-state index is 0.199. The average Bonchev–Trinajstić information content (AvgIpc) is 3.03. The van der Waals surface area contributed by atoms with Crippen LogP contribution < -0.4 is 11.1 Å². The van der Waals surface area contributed by atoms with Gasteiger partial charge in [-0.3, -0.25) is 0 Å². The monoisotopic (exact) mass is 372 g/mol. The zero-order valence-electron chi connectivity index (χ0n) is 14.4. The molecule has 136 valence electrons. The van der Waals surface area contributed by atoms with E-state index in [0.717, 1.165) is 31.5 Å². The molecule has 0 saturated carbocycles. The Bertz CT molecular complexity index is 1050. The van der Waals surface area contributed by atoms with Crippen LogP contribution in [0, 0.1) is 0 Å². The predicted molar refractivity (Wildman–Crippen MR) is 99.4 cm³/mol. The lowest BCUT2D eigenvalue weighted by Gasteiger charge is -2.23. The average molecular weight is 372 g/mol. The second kappa shape index (κ2) is 6.33. The molecule has 1 atom stereocenters. The van der Waals surface area contributed by atoms with Crippen molar-refractivity contribution in [1.82, 2.24) is 25.1 Å². The Morgan fingerprint density at radius 2 is 2.00 bits per heavy atom. The third kappa shape index (κ3) is 2.93. The normalized spacial score (nSPS) is 18.3. The zero-order chi connectivity index (χ0) is 18.3. The Balaban J connectivity index is 1.87. The number of aromatic nitrogens is 4. The quantitative estimate of drug-likeness (QED) is 0.714. The first kappa shape index (κ1) is 16.9. The highest BCUT2D eigenvalue weighted by molar-refractivity contribution is 7.90. The third-order valence-electron chi connectivity index (χ3n) is 4.69. The predicted octanol–water partition coefficient (Wildman–Crippen LogP) is 1.40. The van der Waals surface area contributed by atoms with Gasteiger partial charge in [0.2, 0.25) is 0 Å². The topological polar surface area (TPSA) is 116 Å². The molecule has 0 spiro atoms. The maximum Gasteiger partial charge on any atom is 0.175 e. The molecule has 4 rings (SSSR count). The first-order valence-electron chi connectivity index (χ1n) is 8.45. The highest BCUT2D eigenvalue weighted by Gasteiger charge is 2.23. The van der Waals surface area contributed by atoms with Crippen molar-refractivity contribution < 1.29 is 8.42 Å². The van der Waals surface area contributed by atoms with Gasteiger partial charge in [0.05, 0.1) is 16.3 Å². The van der Waals surface area contributed by atoms with Gasteiger partial charge in [-0.05, 0) is 31.5 Å². The molecule has 1 aromatic carbocycles. The summed E-state index contributed by atoms with van der Waals surface area (Å²) in [4.78, 5) is 8.79. The molecule has 3 heterocycles. The number of benzene rings is 1. The van der Waals surface area contributed by atoms with E-state index in [9.17, 15) is 8.42 Å². The lowest BCUT2D eigenvalue weighted by atomic mass is 10.1. The number of rotatable bonds is 3. The summed E-state index contributed by atoms with van der Waals surface area (Å²) in [5.74, 6) is 0.368. The highest BCUT2D eigenvalue weighted by atomic mass is 32.2. The second-order valence-corrected chi connectivity index (χ2v) is 8.56. The van der Waals surface area contributed by atoms with E-state index in [1.54, 1.807) is 24.3 Å². The summed E-state index contributed by atoms with van der Waals surface area (Å²) < 4.78 is 25.3. The molecule has 0 unspecified atom stereocenters. The minimum Gasteiger partial charge on any atom is -0.383 e. The molecule has 3 N–H and O–H groups in total. The van der Waals surface area contributed by atoms with Gasteiger partial charge in [-0.2, -0.15) is 5.10 Å². The summed E-state index contributed by atoms with van der Waals surface area (Å²) in [5.41, 5.74) is 8.28. The van der Waals surface area contributed by atoms with E-state index in [1.165, 1.54) is 12.6 Å². The standard InChI is InChI=1S/C17H20N6O2S/c1-26(24,25)13-6-4-11(5-7-13)15-14-16(18)20-10-21-17(14)23(22-15)12-3-2-8-19-9-12/h4-7,10,12,19H,2-3,8-9H2,1H3,(H2,18,20,21)/t12-/m1/s1. The summed E-state index contributed by atoms with van der Waals surface area (Å²) >= 11 is 0. The fourth-order valence-corrected chi connectivity index (χ4v) is 3.98. The largest absolute Gasteiger partial charge is 0.383 e. The smallest absolute Gasteiger partial charge is 0.175 e. The van der Waals surface area contributed by atoms with Crippen molar-refractivity contribution in [1.29, 1.82) is 0 Å². The third-order valence-corrected chi connectivity index (χ3v) is 5.82. The summed E-state index contributed by atoms with van der Waals surface area (Å²) in [6, 6.07) is 6.85. The van der Waals surface area contributed by atoms with Gasteiger partial charge in [0.15, 0.2) is 15.5 Å². The summed E-state index contributed by atoms with van der Waals surface area (Å²) in [6.07, 6.45) is 4.72. The lowest BCUT2D eigenvalue weighted by molar-refractivity contribution is 0.354. The second-order valence-electron chi connectivity index (χ2n) is 6.55. The SMILES string of the molecule is CS(=O)(=O)c1ccc(-c2nn([C@@H]3CCCNC3)c3ncnc(N)c23)cc1. The van der Waals surface area contributed by atoms with Crippen LogP contribution >= 0.6 is 0 Å². The van der Waals surface area contributed by atoms with Crippen molar-refractivity contribution in [3.05, 3.63) is 30.6 Å². The van der Waals surface area contributed by atoms with E-state index < -0.39 is 9.84 Å². The Labute approximate surface area is 151 Å². The van der Waals surface area contributed by atoms with Crippen molar-refractivity contribution >= 4 is 26.7 Å². The molecular weight excluding hydrogens is 352 g/mol. The minimum atomic E-state index is -3.25. The number of piperidine rings is 1. The Morgan fingerprint density at radius 1 is 1.23 bits per heavy atom. The van der Waals surface area contributed by atoms with Crippen LogP contribution in [-0.4, -0.2) is 47.5 Å². The Hall–Kier alpha value is -2.52.